The number of carbonyl (C=O) groups is 1. The van der Waals surface area contributed by atoms with Crippen LogP contribution in [-0.4, -0.2) is 28.6 Å². The topological polar surface area (TPSA) is 56.1 Å². The average Bonchev–Trinajstić information content (AvgIpc) is 3.25. The molecule has 0 saturated carbocycles. The molecule has 180 valence electrons. The zero-order chi connectivity index (χ0) is 24.5. The van der Waals surface area contributed by atoms with Gasteiger partial charge < -0.3 is 14.6 Å². The van der Waals surface area contributed by atoms with Crippen molar-refractivity contribution in [1.82, 2.24) is 14.9 Å². The lowest BCUT2D eigenvalue weighted by Gasteiger charge is -2.13. The summed E-state index contributed by atoms with van der Waals surface area (Å²) < 4.78 is 8.23. The van der Waals surface area contributed by atoms with Gasteiger partial charge >= 0.3 is 0 Å². The van der Waals surface area contributed by atoms with Crippen molar-refractivity contribution in [1.29, 1.82) is 0 Å². The van der Waals surface area contributed by atoms with Crippen LogP contribution in [0, 0.1) is 0 Å². The number of benzene rings is 3. The van der Waals surface area contributed by atoms with Gasteiger partial charge in [0.05, 0.1) is 17.6 Å². The minimum absolute atomic E-state index is 0.110. The van der Waals surface area contributed by atoms with E-state index in [0.717, 1.165) is 34.6 Å². The molecule has 0 aliphatic heterocycles. The summed E-state index contributed by atoms with van der Waals surface area (Å²) in [6.45, 7) is 6.19. The van der Waals surface area contributed by atoms with Crippen molar-refractivity contribution in [3.8, 4) is 5.75 Å². The number of amides is 1. The lowest BCUT2D eigenvalue weighted by molar-refractivity contribution is -0.116. The fourth-order valence-electron chi connectivity index (χ4n) is 4.04. The second-order valence-corrected chi connectivity index (χ2v) is 8.68. The standard InChI is InChI=1S/C30H33N3O2/c1-3-23(2)25-14-16-26(17-15-25)35-22-21-33-28-12-8-7-11-27(28)32-29(33)19-20-31-30(34)18-13-24-9-5-4-6-10-24/h4-18,23H,3,19-22H2,1-2H3,(H,31,34)/b18-13+. The predicted molar refractivity (Wildman–Crippen MR) is 143 cm³/mol. The Labute approximate surface area is 207 Å². The Hall–Kier alpha value is -3.86. The van der Waals surface area contributed by atoms with E-state index in [1.165, 1.54) is 5.56 Å². The van der Waals surface area contributed by atoms with Crippen LogP contribution in [0.2, 0.25) is 0 Å². The normalized spacial score (nSPS) is 12.2. The van der Waals surface area contributed by atoms with E-state index in [9.17, 15) is 4.79 Å². The number of para-hydroxylation sites is 2. The first-order valence-corrected chi connectivity index (χ1v) is 12.3. The van der Waals surface area contributed by atoms with Gasteiger partial charge in [0.25, 0.3) is 0 Å². The predicted octanol–water partition coefficient (Wildman–Crippen LogP) is 6.00. The van der Waals surface area contributed by atoms with Gasteiger partial charge in [0.15, 0.2) is 0 Å². The third-order valence-corrected chi connectivity index (χ3v) is 6.25. The minimum atomic E-state index is -0.110. The molecule has 1 aromatic heterocycles. The lowest BCUT2D eigenvalue weighted by Crippen LogP contribution is -2.25. The highest BCUT2D eigenvalue weighted by molar-refractivity contribution is 5.91. The molecule has 0 aliphatic rings. The van der Waals surface area contributed by atoms with Gasteiger partial charge in [-0.2, -0.15) is 0 Å². The molecule has 0 aliphatic carbocycles. The van der Waals surface area contributed by atoms with Crippen LogP contribution < -0.4 is 10.1 Å². The van der Waals surface area contributed by atoms with Crippen LogP contribution in [0.1, 0.15) is 43.1 Å². The van der Waals surface area contributed by atoms with Crippen LogP contribution in [0.3, 0.4) is 0 Å². The maximum absolute atomic E-state index is 12.2. The number of aromatic nitrogens is 2. The molecule has 0 radical (unpaired) electrons. The van der Waals surface area contributed by atoms with Crippen LogP contribution in [0.4, 0.5) is 0 Å². The summed E-state index contributed by atoms with van der Waals surface area (Å²) in [6, 6.07) is 26.3. The van der Waals surface area contributed by atoms with E-state index in [2.05, 4.69) is 41.9 Å². The van der Waals surface area contributed by atoms with E-state index >= 15 is 0 Å². The Morgan fingerprint density at radius 1 is 1.03 bits per heavy atom. The Bertz CT molecular complexity index is 1260. The Balaban J connectivity index is 1.35. The van der Waals surface area contributed by atoms with Gasteiger partial charge in [0.2, 0.25) is 5.91 Å². The van der Waals surface area contributed by atoms with Gasteiger partial charge in [-0.05, 0) is 53.8 Å². The first kappa shape index (κ1) is 24.3. The number of ether oxygens (including phenoxy) is 1. The molecule has 35 heavy (non-hydrogen) atoms. The summed E-state index contributed by atoms with van der Waals surface area (Å²) >= 11 is 0. The Morgan fingerprint density at radius 3 is 2.54 bits per heavy atom. The number of imidazole rings is 1. The van der Waals surface area contributed by atoms with E-state index in [0.29, 0.717) is 32.0 Å². The van der Waals surface area contributed by atoms with Crippen molar-refractivity contribution in [2.45, 2.75) is 39.2 Å². The molecule has 0 bridgehead atoms. The second kappa shape index (κ2) is 12.0. The quantitative estimate of drug-likeness (QED) is 0.275. The van der Waals surface area contributed by atoms with Gasteiger partial charge in [-0.3, -0.25) is 4.79 Å². The molecule has 4 rings (SSSR count). The summed E-state index contributed by atoms with van der Waals surface area (Å²) in [5, 5.41) is 2.96. The van der Waals surface area contributed by atoms with Gasteiger partial charge in [0.1, 0.15) is 18.2 Å². The fraction of sp³-hybridized carbons (Fsp3) is 0.267. The van der Waals surface area contributed by atoms with Crippen LogP contribution in [0.15, 0.2) is 84.9 Å². The molecule has 1 amide bonds. The summed E-state index contributed by atoms with van der Waals surface area (Å²) in [6.07, 6.45) is 5.15. The SMILES string of the molecule is CCC(C)c1ccc(OCCn2c(CCNC(=O)/C=C/c3ccccc3)nc3ccccc32)cc1. The van der Waals surface area contributed by atoms with Crippen molar-refractivity contribution in [3.05, 3.63) is 102 Å². The molecule has 1 heterocycles. The Kier molecular flexibility index (Phi) is 8.34. The molecule has 0 fully saturated rings. The third kappa shape index (κ3) is 6.60. The number of carbonyl (C=O) groups excluding carboxylic acids is 1. The van der Waals surface area contributed by atoms with Gasteiger partial charge in [0, 0.05) is 19.0 Å². The van der Waals surface area contributed by atoms with Crippen molar-refractivity contribution in [2.75, 3.05) is 13.2 Å². The van der Waals surface area contributed by atoms with E-state index in [-0.39, 0.29) is 5.91 Å². The highest BCUT2D eigenvalue weighted by atomic mass is 16.5. The maximum Gasteiger partial charge on any atom is 0.244 e. The zero-order valence-corrected chi connectivity index (χ0v) is 20.5. The maximum atomic E-state index is 12.2. The molecule has 5 nitrogen and oxygen atoms in total. The van der Waals surface area contributed by atoms with Crippen molar-refractivity contribution in [3.63, 3.8) is 0 Å². The van der Waals surface area contributed by atoms with E-state index in [4.69, 9.17) is 9.72 Å². The molecule has 1 N–H and O–H groups in total. The summed E-state index contributed by atoms with van der Waals surface area (Å²) in [7, 11) is 0. The van der Waals surface area contributed by atoms with Crippen molar-refractivity contribution >= 4 is 23.0 Å². The molecule has 1 unspecified atom stereocenters. The molecule has 0 saturated heterocycles. The number of nitrogens with zero attached hydrogens (tertiary/aromatic N) is 2. The second-order valence-electron chi connectivity index (χ2n) is 8.68. The number of fused-ring (bicyclic) bond motifs is 1. The Morgan fingerprint density at radius 2 is 1.77 bits per heavy atom. The summed E-state index contributed by atoms with van der Waals surface area (Å²) in [5.41, 5.74) is 4.37. The molecule has 1 atom stereocenters. The number of nitrogens with one attached hydrogen (secondary N) is 1. The van der Waals surface area contributed by atoms with Gasteiger partial charge in [-0.1, -0.05) is 68.4 Å². The van der Waals surface area contributed by atoms with Crippen LogP contribution in [0.5, 0.6) is 5.75 Å². The highest BCUT2D eigenvalue weighted by Crippen LogP contribution is 2.22. The first-order chi connectivity index (χ1) is 17.1. The van der Waals surface area contributed by atoms with E-state index in [1.807, 2.05) is 66.7 Å². The molecule has 5 heteroatoms. The number of hydrogen-bond acceptors (Lipinski definition) is 3. The smallest absolute Gasteiger partial charge is 0.244 e. The molecular weight excluding hydrogens is 434 g/mol. The summed E-state index contributed by atoms with van der Waals surface area (Å²) in [5.74, 6) is 2.26. The lowest BCUT2D eigenvalue weighted by atomic mass is 9.99. The number of rotatable bonds is 11. The summed E-state index contributed by atoms with van der Waals surface area (Å²) in [4.78, 5) is 17.0. The van der Waals surface area contributed by atoms with Gasteiger partial charge in [-0.15, -0.1) is 0 Å². The highest BCUT2D eigenvalue weighted by Gasteiger charge is 2.11. The average molecular weight is 468 g/mol. The van der Waals surface area contributed by atoms with E-state index in [1.54, 1.807) is 6.08 Å². The first-order valence-electron chi connectivity index (χ1n) is 12.3. The minimum Gasteiger partial charge on any atom is -0.492 e. The zero-order valence-electron chi connectivity index (χ0n) is 20.5. The van der Waals surface area contributed by atoms with Crippen LogP contribution >= 0.6 is 0 Å². The van der Waals surface area contributed by atoms with Crippen LogP contribution in [-0.2, 0) is 17.8 Å². The third-order valence-electron chi connectivity index (χ3n) is 6.25. The van der Waals surface area contributed by atoms with E-state index < -0.39 is 0 Å². The molecule has 3 aromatic carbocycles. The molecular formula is C30H33N3O2. The largest absolute Gasteiger partial charge is 0.492 e. The molecule has 0 spiro atoms. The number of hydrogen-bond donors (Lipinski definition) is 1. The van der Waals surface area contributed by atoms with Crippen molar-refractivity contribution in [2.24, 2.45) is 0 Å². The van der Waals surface area contributed by atoms with Gasteiger partial charge in [-0.25, -0.2) is 4.98 Å². The van der Waals surface area contributed by atoms with Crippen LogP contribution in [0.25, 0.3) is 17.1 Å². The molecule has 4 aromatic rings. The monoisotopic (exact) mass is 467 g/mol. The van der Waals surface area contributed by atoms with Crippen molar-refractivity contribution < 1.29 is 9.53 Å². The fourth-order valence-corrected chi connectivity index (χ4v) is 4.04.